The number of nitrogens with one attached hydrogen (secondary N) is 2. The molecular formula is C24H23N3O4. The van der Waals surface area contributed by atoms with Crippen LogP contribution in [0.5, 0.6) is 5.75 Å². The lowest BCUT2D eigenvalue weighted by Gasteiger charge is -2.16. The molecule has 1 aliphatic rings. The summed E-state index contributed by atoms with van der Waals surface area (Å²) < 4.78 is 6.04. The largest absolute Gasteiger partial charge is 0.491 e. The third kappa shape index (κ3) is 4.35. The highest BCUT2D eigenvalue weighted by Crippen LogP contribution is 2.35. The highest BCUT2D eigenvalue weighted by molar-refractivity contribution is 6.01. The number of amides is 1. The Labute approximate surface area is 179 Å². The minimum Gasteiger partial charge on any atom is -0.491 e. The zero-order valence-electron chi connectivity index (χ0n) is 16.8. The molecule has 0 saturated carbocycles. The van der Waals surface area contributed by atoms with Gasteiger partial charge in [0.15, 0.2) is 0 Å². The molecule has 3 aromatic carbocycles. The number of carboxylic acids is 1. The summed E-state index contributed by atoms with van der Waals surface area (Å²) in [6.07, 6.45) is 0.284. The lowest BCUT2D eigenvalue weighted by molar-refractivity contribution is -0.140. The van der Waals surface area contributed by atoms with Crippen molar-refractivity contribution in [2.75, 3.05) is 6.61 Å². The first-order valence-electron chi connectivity index (χ1n) is 10.0. The van der Waals surface area contributed by atoms with Gasteiger partial charge in [-0.15, -0.1) is 0 Å². The van der Waals surface area contributed by atoms with Crippen LogP contribution in [0.1, 0.15) is 18.4 Å². The molecule has 0 spiro atoms. The first-order chi connectivity index (χ1) is 14.9. The Bertz CT molecular complexity index is 1160. The molecule has 0 unspecified atom stereocenters. The Kier molecular flexibility index (Phi) is 5.58. The number of carbonyl (C=O) groups excluding carboxylic acids is 1. The molecule has 2 atom stereocenters. The molecule has 4 rings (SSSR count). The van der Waals surface area contributed by atoms with Gasteiger partial charge in [0.25, 0.3) is 0 Å². The number of benzene rings is 3. The number of hydrogen-bond acceptors (Lipinski definition) is 4. The highest BCUT2D eigenvalue weighted by Gasteiger charge is 2.33. The molecule has 7 heteroatoms. The maximum atomic E-state index is 12.0. The highest BCUT2D eigenvalue weighted by atomic mass is 16.5. The van der Waals surface area contributed by atoms with Crippen molar-refractivity contribution in [3.8, 4) is 16.9 Å². The van der Waals surface area contributed by atoms with Gasteiger partial charge in [-0.3, -0.25) is 15.0 Å². The summed E-state index contributed by atoms with van der Waals surface area (Å²) in [5.74, 6) is -0.978. The van der Waals surface area contributed by atoms with Crippen molar-refractivity contribution in [3.05, 3.63) is 66.2 Å². The Morgan fingerprint density at radius 1 is 1.10 bits per heavy atom. The Hall–Kier alpha value is -3.87. The van der Waals surface area contributed by atoms with Gasteiger partial charge in [0.1, 0.15) is 18.2 Å². The number of nitrogen functional groups attached to an aromatic ring is 1. The Morgan fingerprint density at radius 2 is 1.81 bits per heavy atom. The summed E-state index contributed by atoms with van der Waals surface area (Å²) in [6, 6.07) is 19.1. The van der Waals surface area contributed by atoms with Gasteiger partial charge in [0.2, 0.25) is 5.91 Å². The normalized spacial score (nSPS) is 18.0. The third-order valence-electron chi connectivity index (χ3n) is 5.54. The van der Waals surface area contributed by atoms with E-state index in [9.17, 15) is 9.59 Å². The van der Waals surface area contributed by atoms with E-state index in [1.165, 1.54) is 0 Å². The number of ether oxygens (including phenoxy) is 1. The fraction of sp³-hybridized carbons (Fsp3) is 0.208. The van der Waals surface area contributed by atoms with Crippen LogP contribution in [-0.4, -0.2) is 35.5 Å². The van der Waals surface area contributed by atoms with Gasteiger partial charge in [0.05, 0.1) is 18.4 Å². The lowest BCUT2D eigenvalue weighted by atomic mass is 9.97. The van der Waals surface area contributed by atoms with Crippen molar-refractivity contribution in [2.45, 2.75) is 18.9 Å². The minimum absolute atomic E-state index is 0.0322. The molecule has 0 aliphatic carbocycles. The van der Waals surface area contributed by atoms with Crippen molar-refractivity contribution < 1.29 is 19.4 Å². The summed E-state index contributed by atoms with van der Waals surface area (Å²) in [5, 5.41) is 21.3. The van der Waals surface area contributed by atoms with E-state index in [-0.39, 0.29) is 30.8 Å². The molecule has 1 saturated heterocycles. The van der Waals surface area contributed by atoms with Crippen LogP contribution in [0.4, 0.5) is 0 Å². The van der Waals surface area contributed by atoms with Crippen LogP contribution >= 0.6 is 0 Å². The maximum Gasteiger partial charge on any atom is 0.304 e. The summed E-state index contributed by atoms with van der Waals surface area (Å²) >= 11 is 0. The van der Waals surface area contributed by atoms with Crippen molar-refractivity contribution in [1.82, 2.24) is 5.32 Å². The fourth-order valence-electron chi connectivity index (χ4n) is 3.99. The standard InChI is InChI=1S/C24H23N3O4/c25-23(26)15-7-5-14(6-8-15)18-9-10-21(20-4-2-1-3-19(18)20)31-13-17-11-16(12-22(28)29)24(30)27-17/h1-10,16-17H,11-13H2,(H3,25,26)(H,27,30)(H,28,29)/t16-,17-/m0/s1. The van der Waals surface area contributed by atoms with Crippen molar-refractivity contribution >= 4 is 28.5 Å². The second kappa shape index (κ2) is 8.47. The quantitative estimate of drug-likeness (QED) is 0.347. The van der Waals surface area contributed by atoms with Gasteiger partial charge < -0.3 is 20.9 Å². The van der Waals surface area contributed by atoms with Crippen molar-refractivity contribution in [3.63, 3.8) is 0 Å². The SMILES string of the molecule is N=C(N)c1ccc(-c2ccc(OC[C@@H]3C[C@@H](CC(=O)O)C(=O)N3)c3ccccc23)cc1. The smallest absolute Gasteiger partial charge is 0.304 e. The van der Waals surface area contributed by atoms with Gasteiger partial charge in [-0.25, -0.2) is 0 Å². The molecule has 0 radical (unpaired) electrons. The van der Waals surface area contributed by atoms with Crippen molar-refractivity contribution in [2.24, 2.45) is 11.7 Å². The number of amidine groups is 1. The zero-order chi connectivity index (χ0) is 22.0. The van der Waals surface area contributed by atoms with Gasteiger partial charge in [0, 0.05) is 10.9 Å². The van der Waals surface area contributed by atoms with Crippen LogP contribution in [0, 0.1) is 11.3 Å². The van der Waals surface area contributed by atoms with Crippen LogP contribution in [0.15, 0.2) is 60.7 Å². The molecule has 7 nitrogen and oxygen atoms in total. The molecule has 31 heavy (non-hydrogen) atoms. The van der Waals surface area contributed by atoms with Crippen LogP contribution in [0.2, 0.25) is 0 Å². The average Bonchev–Trinajstić information content (AvgIpc) is 3.10. The van der Waals surface area contributed by atoms with Crippen molar-refractivity contribution in [1.29, 1.82) is 5.41 Å². The van der Waals surface area contributed by atoms with E-state index in [4.69, 9.17) is 21.0 Å². The van der Waals surface area contributed by atoms with Gasteiger partial charge in [-0.05, 0) is 29.0 Å². The van der Waals surface area contributed by atoms with Crippen LogP contribution in [-0.2, 0) is 9.59 Å². The average molecular weight is 417 g/mol. The molecule has 3 aromatic rings. The predicted octanol–water partition coefficient (Wildman–Crippen LogP) is 3.15. The van der Waals surface area contributed by atoms with E-state index in [2.05, 4.69) is 5.32 Å². The van der Waals surface area contributed by atoms with E-state index in [0.29, 0.717) is 17.7 Å². The fourth-order valence-corrected chi connectivity index (χ4v) is 3.99. The first-order valence-corrected chi connectivity index (χ1v) is 10.0. The molecule has 0 bridgehead atoms. The van der Waals surface area contributed by atoms with E-state index < -0.39 is 11.9 Å². The summed E-state index contributed by atoms with van der Waals surface area (Å²) in [6.45, 7) is 0.276. The number of aliphatic carboxylic acids is 1. The first kappa shape index (κ1) is 20.4. The second-order valence-electron chi connectivity index (χ2n) is 7.69. The molecule has 1 aliphatic heterocycles. The number of carboxylic acid groups (broad SMARTS) is 1. The van der Waals surface area contributed by atoms with Gasteiger partial charge >= 0.3 is 5.97 Å². The lowest BCUT2D eigenvalue weighted by Crippen LogP contribution is -2.31. The third-order valence-corrected chi connectivity index (χ3v) is 5.54. The van der Waals surface area contributed by atoms with E-state index in [1.54, 1.807) is 0 Å². The second-order valence-corrected chi connectivity index (χ2v) is 7.69. The zero-order valence-corrected chi connectivity index (χ0v) is 16.8. The summed E-state index contributed by atoms with van der Waals surface area (Å²) in [4.78, 5) is 22.9. The monoisotopic (exact) mass is 417 g/mol. The predicted molar refractivity (Wildman–Crippen MR) is 118 cm³/mol. The van der Waals surface area contributed by atoms with Gasteiger partial charge in [-0.2, -0.15) is 0 Å². The van der Waals surface area contributed by atoms with E-state index in [1.807, 2.05) is 60.7 Å². The maximum absolute atomic E-state index is 12.0. The Morgan fingerprint density at radius 3 is 2.48 bits per heavy atom. The Balaban J connectivity index is 1.55. The molecule has 0 aromatic heterocycles. The molecule has 5 N–H and O–H groups in total. The number of carbonyl (C=O) groups is 2. The molecule has 1 heterocycles. The minimum atomic E-state index is -0.973. The molecule has 1 fully saturated rings. The summed E-state index contributed by atoms with van der Waals surface area (Å²) in [7, 11) is 0. The molecule has 158 valence electrons. The van der Waals surface area contributed by atoms with Crippen LogP contribution < -0.4 is 15.8 Å². The van der Waals surface area contributed by atoms with E-state index >= 15 is 0 Å². The van der Waals surface area contributed by atoms with Crippen LogP contribution in [0.25, 0.3) is 21.9 Å². The number of fused-ring (bicyclic) bond motifs is 1. The topological polar surface area (TPSA) is 126 Å². The van der Waals surface area contributed by atoms with E-state index in [0.717, 1.165) is 21.9 Å². The molecular weight excluding hydrogens is 394 g/mol. The van der Waals surface area contributed by atoms with Gasteiger partial charge in [-0.1, -0.05) is 54.6 Å². The molecule has 1 amide bonds. The number of hydrogen-bond donors (Lipinski definition) is 4. The number of rotatable bonds is 7. The summed E-state index contributed by atoms with van der Waals surface area (Å²) in [5.41, 5.74) is 8.27. The van der Waals surface area contributed by atoms with Crippen LogP contribution in [0.3, 0.4) is 0 Å². The number of nitrogens with two attached hydrogens (primary N) is 1.